The van der Waals surface area contributed by atoms with Gasteiger partial charge in [0.1, 0.15) is 90.0 Å². The van der Waals surface area contributed by atoms with Gasteiger partial charge in [-0.1, -0.05) is 137 Å². The van der Waals surface area contributed by atoms with Gasteiger partial charge < -0.3 is 114 Å². The van der Waals surface area contributed by atoms with Gasteiger partial charge in [0.05, 0.1) is 30.9 Å². The van der Waals surface area contributed by atoms with E-state index in [2.05, 4.69) is 52.8 Å². The number of aliphatic hydroxyl groups excluding tert-OH is 2. The van der Waals surface area contributed by atoms with Crippen molar-refractivity contribution >= 4 is 117 Å². The van der Waals surface area contributed by atoms with Crippen LogP contribution in [0.3, 0.4) is 0 Å². The molecule has 3 saturated heterocycles. The average Bonchev–Trinajstić information content (AvgIpc) is 1.81. The van der Waals surface area contributed by atoms with Crippen molar-refractivity contribution in [3.8, 4) is 11.5 Å². The Morgan fingerprint density at radius 2 is 0.964 bits per heavy atom. The molecule has 7 aromatic rings. The monoisotopic (exact) mass is 1930 g/mol. The SMILES string of the molecule is CCCC[C@H]1C(=O)N2C[C@@H](O)C[C@@H]2C(=O)N[C@@H](CC(=O)O)C(=O)N[C@@H](C(C)C)C(=O)N(C)[C@@H](Cc2ccccc2)C(=O)N[C@@H](Cc2ccc(O)cc2)C(=O)N2C[C@H](O)C[C@@H]2C(=O)N[C@@H](Cc2c[nH]c3ccccc23)C(=O)N[C@@H](Cc2ccc(O)cc2)C(=O)N[C@@H](CCCN)C(=O)N[C@H](C(=O)NCC(N)=O)CSCC(=O)N[C@@H](Cc2cc(F)c(F)c(F)c2)C(=O)N(C)[C@@H](Cc2ccccc2)C(=O)N1C. The number of carboxylic acids is 1. The molecule has 15 amide bonds. The fourth-order valence-electron chi connectivity index (χ4n) is 16.9. The highest BCUT2D eigenvalue weighted by atomic mass is 32.2. The Hall–Kier alpha value is -14.0. The van der Waals surface area contributed by atoms with Crippen LogP contribution in [0, 0.1) is 23.4 Å². The number of likely N-dealkylation sites (N-methyl/N-ethyl adjacent to an activating group) is 3. The number of aliphatic hydroxyl groups is 2. The average molecular weight is 1940 g/mol. The van der Waals surface area contributed by atoms with E-state index >= 15 is 51.9 Å². The van der Waals surface area contributed by atoms with Gasteiger partial charge >= 0.3 is 5.97 Å². The molecular formula is C96H118F3N17O21S. The molecule has 0 unspecified atom stereocenters. The number of aromatic amines is 1. The minimum Gasteiger partial charge on any atom is -0.508 e. The summed E-state index contributed by atoms with van der Waals surface area (Å²) in [5, 5.41) is 78.2. The van der Waals surface area contributed by atoms with Gasteiger partial charge in [-0.15, -0.1) is 11.8 Å². The summed E-state index contributed by atoms with van der Waals surface area (Å²) in [6, 6.07) is 12.9. The van der Waals surface area contributed by atoms with E-state index in [1.165, 1.54) is 76.5 Å². The van der Waals surface area contributed by atoms with Crippen LogP contribution in [0.4, 0.5) is 13.2 Å². The summed E-state index contributed by atoms with van der Waals surface area (Å²) >= 11 is 0.634. The minimum atomic E-state index is -2.06. The third kappa shape index (κ3) is 28.8. The lowest BCUT2D eigenvalue weighted by Crippen LogP contribution is -2.62. The first-order valence-electron chi connectivity index (χ1n) is 45.3. The maximum Gasteiger partial charge on any atom is 0.305 e. The number of aliphatic carboxylic acids is 1. The van der Waals surface area contributed by atoms with Crippen LogP contribution in [0.1, 0.15) is 106 Å². The first kappa shape index (κ1) is 106. The lowest BCUT2D eigenvalue weighted by atomic mass is 9.98. The van der Waals surface area contributed by atoms with Crippen molar-refractivity contribution in [3.05, 3.63) is 203 Å². The lowest BCUT2D eigenvalue weighted by molar-refractivity contribution is -0.152. The van der Waals surface area contributed by atoms with E-state index in [-0.39, 0.29) is 69.4 Å². The molecule has 740 valence electrons. The van der Waals surface area contributed by atoms with E-state index in [1.54, 1.807) is 98.0 Å². The normalized spacial score (nSPS) is 24.2. The van der Waals surface area contributed by atoms with Crippen LogP contribution >= 0.6 is 11.8 Å². The second-order valence-corrected chi connectivity index (χ2v) is 36.1. The number of amides is 15. The van der Waals surface area contributed by atoms with Crippen LogP contribution < -0.4 is 59.3 Å². The molecule has 19 N–H and O–H groups in total. The van der Waals surface area contributed by atoms with Crippen LogP contribution in [-0.2, 0) is 115 Å². The highest BCUT2D eigenvalue weighted by Crippen LogP contribution is 2.29. The number of aromatic nitrogens is 1. The highest BCUT2D eigenvalue weighted by molar-refractivity contribution is 8.00. The van der Waals surface area contributed by atoms with Crippen molar-refractivity contribution in [1.82, 2.24) is 77.3 Å². The van der Waals surface area contributed by atoms with Crippen LogP contribution in [0.15, 0.2) is 152 Å². The van der Waals surface area contributed by atoms with E-state index < -0.39 is 278 Å². The number of phenolic OH excluding ortho intramolecular Hbond substituents is 2. The maximum atomic E-state index is 15.8. The fraction of sp³-hybridized carbons (Fsp3) is 0.438. The van der Waals surface area contributed by atoms with Gasteiger partial charge in [-0.05, 0) is 108 Å². The molecule has 6 aromatic carbocycles. The molecule has 1 aromatic heterocycles. The number of rotatable bonds is 24. The van der Waals surface area contributed by atoms with Crippen molar-refractivity contribution in [3.63, 3.8) is 0 Å². The third-order valence-corrected chi connectivity index (χ3v) is 25.5. The van der Waals surface area contributed by atoms with Crippen LogP contribution in [0.5, 0.6) is 11.5 Å². The molecule has 0 radical (unpaired) electrons. The number of benzene rings is 6. The Labute approximate surface area is 797 Å². The molecule has 3 aliphatic rings. The van der Waals surface area contributed by atoms with Gasteiger partial charge in [-0.25, -0.2) is 13.2 Å². The predicted molar refractivity (Wildman–Crippen MR) is 498 cm³/mol. The topological polar surface area (TPSA) is 567 Å². The molecule has 3 aliphatic heterocycles. The molecule has 0 spiro atoms. The Balaban J connectivity index is 1.07. The summed E-state index contributed by atoms with van der Waals surface area (Å²) in [5.74, 6) is -25.4. The Kier molecular flexibility index (Phi) is 38.2. The first-order chi connectivity index (χ1) is 65.7. The van der Waals surface area contributed by atoms with Gasteiger partial charge in [0, 0.05) is 108 Å². The van der Waals surface area contributed by atoms with Gasteiger partial charge in [0.25, 0.3) is 0 Å². The summed E-state index contributed by atoms with van der Waals surface area (Å²) in [6.45, 7) is 2.76. The summed E-state index contributed by atoms with van der Waals surface area (Å²) in [7, 11) is 3.61. The standard InChI is InChI=1S/C96H118F3N17O21S/c1-7-8-25-74-95(136)116-49-62(120)44-77(116)91(132)108-70(45-81(123)124)88(129)111-83(52(2)3)96(137)113(5)75(40-53-18-11-9-12-19-53)89(130)109-72(38-56-28-32-60(118)33-29-56)93(134)115-48-61(119)43-76(115)90(131)107-69(42-58-46-102-66-23-16-15-22-63(58)66)87(128)106-68(37-55-26-30-59(117)31-27-55)86(127)105-67(24-17-34-100)85(126)110-73(84(125)103-47-79(101)121)50-138-51-80(122)104-71(39-57-35-64(97)82(99)65(98)36-57)92(133)114(6)78(94(135)112(74)4)41-54-20-13-10-14-21-54/h9-16,18-23,26-33,35-36,46,52,61-62,67-78,83,102,117-120H,7-8,17,24-25,34,37-45,47-51,100H2,1-6H3,(H2,101,121)(H,103,125)(H,104,122)(H,105,127)(H,106,128)(H,107,131)(H,108,132)(H,109,130)(H,110,126)(H,111,129)(H,123,124)/t61-,62+,67+,68+,69+,70+,71+,72+,73+,74+,75+,76-,77-,78+,83+/m1/s1. The fourth-order valence-corrected chi connectivity index (χ4v) is 17.8. The van der Waals surface area contributed by atoms with Gasteiger partial charge in [-0.2, -0.15) is 0 Å². The van der Waals surface area contributed by atoms with Crippen LogP contribution in [-0.4, -0.2) is 299 Å². The van der Waals surface area contributed by atoms with Crippen molar-refractivity contribution in [2.75, 3.05) is 58.8 Å². The number of carbonyl (C=O) groups excluding carboxylic acids is 15. The smallest absolute Gasteiger partial charge is 0.305 e. The number of carbonyl (C=O) groups is 16. The number of thioether (sulfide) groups is 1. The first-order valence-corrected chi connectivity index (χ1v) is 46.4. The van der Waals surface area contributed by atoms with Crippen LogP contribution in [0.25, 0.3) is 10.9 Å². The Morgan fingerprint density at radius 1 is 0.493 bits per heavy atom. The minimum absolute atomic E-state index is 0.00243. The molecule has 0 bridgehead atoms. The van der Waals surface area contributed by atoms with Crippen molar-refractivity contribution in [1.29, 1.82) is 0 Å². The zero-order valence-corrected chi connectivity index (χ0v) is 77.8. The predicted octanol–water partition coefficient (Wildman–Crippen LogP) is 0.443. The maximum absolute atomic E-state index is 15.8. The third-order valence-electron chi connectivity index (χ3n) is 24.4. The summed E-state index contributed by atoms with van der Waals surface area (Å²) in [5.41, 5.74) is 13.6. The molecule has 138 heavy (non-hydrogen) atoms. The number of halogens is 3. The molecule has 15 atom stereocenters. The molecule has 42 heteroatoms. The van der Waals surface area contributed by atoms with E-state index in [1.807, 2.05) is 0 Å². The molecular weight excluding hydrogens is 1820 g/mol. The number of nitrogens with two attached hydrogens (primary N) is 2. The number of para-hydroxylation sites is 1. The number of nitrogens with one attached hydrogen (secondary N) is 10. The van der Waals surface area contributed by atoms with Crippen molar-refractivity contribution in [2.24, 2.45) is 17.4 Å². The number of unbranched alkanes of at least 4 members (excludes halogenated alkanes) is 1. The Morgan fingerprint density at radius 3 is 1.52 bits per heavy atom. The zero-order valence-electron chi connectivity index (χ0n) is 77.0. The number of aromatic hydroxyl groups is 2. The molecule has 3 fully saturated rings. The Bertz CT molecular complexity index is 5510. The van der Waals surface area contributed by atoms with Gasteiger partial charge in [0.2, 0.25) is 88.6 Å². The number of hydrogen-bond donors (Lipinski definition) is 17. The zero-order chi connectivity index (χ0) is 100. The number of H-pyrrole nitrogens is 1. The molecule has 4 heterocycles. The lowest BCUT2D eigenvalue weighted by Gasteiger charge is -2.38. The second kappa shape index (κ2) is 49.7. The molecule has 10 rings (SSSR count). The summed E-state index contributed by atoms with van der Waals surface area (Å²) in [6.07, 6.45) is -5.89. The number of carboxylic acid groups (broad SMARTS) is 1. The summed E-state index contributed by atoms with van der Waals surface area (Å²) in [4.78, 5) is 247. The number of phenols is 2. The van der Waals surface area contributed by atoms with Crippen molar-refractivity contribution in [2.45, 2.75) is 201 Å². The quantitative estimate of drug-likeness (QED) is 0.0365. The van der Waals surface area contributed by atoms with E-state index in [0.29, 0.717) is 69.0 Å². The number of primary amides is 1. The van der Waals surface area contributed by atoms with Crippen molar-refractivity contribution < 1.29 is 115 Å². The van der Waals surface area contributed by atoms with E-state index in [4.69, 9.17) is 11.5 Å². The number of hydrogen-bond acceptors (Lipinski definition) is 22. The largest absolute Gasteiger partial charge is 0.508 e. The molecule has 0 aliphatic carbocycles. The van der Waals surface area contributed by atoms with E-state index in [0.717, 1.165) is 31.5 Å². The summed E-state index contributed by atoms with van der Waals surface area (Å²) < 4.78 is 45.2. The van der Waals surface area contributed by atoms with Gasteiger partial charge in [-0.3, -0.25) is 76.7 Å². The number of fused-ring (bicyclic) bond motifs is 3. The van der Waals surface area contributed by atoms with E-state index in [9.17, 15) is 63.5 Å². The van der Waals surface area contributed by atoms with Gasteiger partial charge in [0.15, 0.2) is 17.5 Å². The second-order valence-electron chi connectivity index (χ2n) is 35.0. The van der Waals surface area contributed by atoms with Crippen LogP contribution in [0.2, 0.25) is 0 Å². The number of nitrogens with zero attached hydrogens (tertiary/aromatic N) is 5. The highest BCUT2D eigenvalue weighted by Gasteiger charge is 2.48. The molecule has 38 nitrogen and oxygen atoms in total. The molecule has 0 saturated carbocycles.